The van der Waals surface area contributed by atoms with Crippen LogP contribution >= 0.6 is 15.9 Å². The van der Waals surface area contributed by atoms with Gasteiger partial charge in [-0.3, -0.25) is 0 Å². The minimum absolute atomic E-state index is 0.422. The fourth-order valence-electron chi connectivity index (χ4n) is 2.36. The lowest BCUT2D eigenvalue weighted by Crippen LogP contribution is -2.38. The maximum atomic E-state index is 3.69. The Morgan fingerprint density at radius 1 is 1.00 bits per heavy atom. The largest absolute Gasteiger partial charge is 0.303 e. The van der Waals surface area contributed by atoms with E-state index in [0.717, 1.165) is 11.2 Å². The zero-order valence-corrected chi connectivity index (χ0v) is 12.9. The zero-order chi connectivity index (χ0) is 12.0. The number of halogens is 1. The zero-order valence-electron chi connectivity index (χ0n) is 11.3. The Hall–Kier alpha value is 0.440. The number of nitrogens with zero attached hydrogens (tertiary/aromatic N) is 1. The first kappa shape index (κ1) is 14.5. The molecule has 0 amide bonds. The van der Waals surface area contributed by atoms with E-state index in [9.17, 15) is 0 Å². The SMILES string of the molecule is CC(C)(C)C(CBr)CN1CCCCCCC1. The van der Waals surface area contributed by atoms with Gasteiger partial charge in [0.15, 0.2) is 0 Å². The van der Waals surface area contributed by atoms with Crippen molar-refractivity contribution in [3.05, 3.63) is 0 Å². The molecule has 1 nitrogen and oxygen atoms in total. The van der Waals surface area contributed by atoms with Gasteiger partial charge in [0.25, 0.3) is 0 Å². The summed E-state index contributed by atoms with van der Waals surface area (Å²) in [5.41, 5.74) is 0.422. The average molecular weight is 290 g/mol. The standard InChI is InChI=1S/C14H28BrN/c1-14(2,3)13(11-15)12-16-9-7-5-4-6-8-10-16/h13H,4-12H2,1-3H3. The van der Waals surface area contributed by atoms with Crippen molar-refractivity contribution < 1.29 is 0 Å². The van der Waals surface area contributed by atoms with Gasteiger partial charge in [-0.2, -0.15) is 0 Å². The van der Waals surface area contributed by atoms with Crippen LogP contribution in [0.4, 0.5) is 0 Å². The molecule has 0 radical (unpaired) electrons. The van der Waals surface area contributed by atoms with Crippen molar-refractivity contribution in [2.45, 2.75) is 52.9 Å². The van der Waals surface area contributed by atoms with Crippen LogP contribution in [-0.4, -0.2) is 29.9 Å². The van der Waals surface area contributed by atoms with Gasteiger partial charge < -0.3 is 4.90 Å². The third-order valence-corrected chi connectivity index (χ3v) is 4.62. The molecule has 0 saturated carbocycles. The monoisotopic (exact) mass is 289 g/mol. The Kier molecular flexibility index (Phi) is 6.35. The molecule has 1 rings (SSSR count). The van der Waals surface area contributed by atoms with Crippen LogP contribution in [0.3, 0.4) is 0 Å². The molecule has 16 heavy (non-hydrogen) atoms. The molecule has 96 valence electrons. The highest BCUT2D eigenvalue weighted by molar-refractivity contribution is 9.09. The molecule has 1 unspecified atom stereocenters. The van der Waals surface area contributed by atoms with Crippen molar-refractivity contribution in [3.63, 3.8) is 0 Å². The molecule has 1 aliphatic heterocycles. The van der Waals surface area contributed by atoms with Gasteiger partial charge in [0.1, 0.15) is 0 Å². The normalized spacial score (nSPS) is 22.5. The number of alkyl halides is 1. The van der Waals surface area contributed by atoms with Gasteiger partial charge in [0, 0.05) is 11.9 Å². The number of likely N-dealkylation sites (tertiary alicyclic amines) is 1. The fourth-order valence-corrected chi connectivity index (χ4v) is 3.54. The highest BCUT2D eigenvalue weighted by atomic mass is 79.9. The molecule has 1 atom stereocenters. The lowest BCUT2D eigenvalue weighted by Gasteiger charge is -2.35. The summed E-state index contributed by atoms with van der Waals surface area (Å²) in [6, 6.07) is 0. The van der Waals surface area contributed by atoms with E-state index in [4.69, 9.17) is 0 Å². The van der Waals surface area contributed by atoms with Crippen molar-refractivity contribution >= 4 is 15.9 Å². The van der Waals surface area contributed by atoms with Gasteiger partial charge >= 0.3 is 0 Å². The van der Waals surface area contributed by atoms with Gasteiger partial charge in [0.2, 0.25) is 0 Å². The van der Waals surface area contributed by atoms with Crippen molar-refractivity contribution in [1.82, 2.24) is 4.90 Å². The lowest BCUT2D eigenvalue weighted by molar-refractivity contribution is 0.156. The molecule has 0 aromatic rings. The first-order valence-electron chi connectivity index (χ1n) is 6.82. The molecule has 1 saturated heterocycles. The van der Waals surface area contributed by atoms with E-state index in [0.29, 0.717) is 5.41 Å². The maximum absolute atomic E-state index is 3.69. The van der Waals surface area contributed by atoms with Crippen LogP contribution < -0.4 is 0 Å². The highest BCUT2D eigenvalue weighted by Crippen LogP contribution is 2.28. The Balaban J connectivity index is 2.42. The van der Waals surface area contributed by atoms with Crippen molar-refractivity contribution in [2.24, 2.45) is 11.3 Å². The summed E-state index contributed by atoms with van der Waals surface area (Å²) in [6.07, 6.45) is 7.13. The van der Waals surface area contributed by atoms with Crippen LogP contribution in [-0.2, 0) is 0 Å². The van der Waals surface area contributed by atoms with E-state index >= 15 is 0 Å². The summed E-state index contributed by atoms with van der Waals surface area (Å²) in [5.74, 6) is 0.770. The second-order valence-corrected chi connectivity index (χ2v) is 6.93. The van der Waals surface area contributed by atoms with Crippen LogP contribution in [0.2, 0.25) is 0 Å². The Labute approximate surface area is 110 Å². The van der Waals surface area contributed by atoms with E-state index in [1.807, 2.05) is 0 Å². The quantitative estimate of drug-likeness (QED) is 0.700. The number of hydrogen-bond acceptors (Lipinski definition) is 1. The molecule has 1 aliphatic rings. The molecular weight excluding hydrogens is 262 g/mol. The van der Waals surface area contributed by atoms with Gasteiger partial charge in [-0.05, 0) is 37.3 Å². The summed E-state index contributed by atoms with van der Waals surface area (Å²) < 4.78 is 0. The van der Waals surface area contributed by atoms with Gasteiger partial charge in [-0.1, -0.05) is 56.0 Å². The van der Waals surface area contributed by atoms with Crippen LogP contribution in [0.5, 0.6) is 0 Å². The highest BCUT2D eigenvalue weighted by Gasteiger charge is 2.25. The van der Waals surface area contributed by atoms with Crippen LogP contribution in [0, 0.1) is 11.3 Å². The summed E-state index contributed by atoms with van der Waals surface area (Å²) in [7, 11) is 0. The van der Waals surface area contributed by atoms with E-state index in [2.05, 4.69) is 41.6 Å². The third kappa shape index (κ3) is 5.18. The summed E-state index contributed by atoms with van der Waals surface area (Å²) in [5, 5.41) is 1.13. The van der Waals surface area contributed by atoms with Gasteiger partial charge in [-0.25, -0.2) is 0 Å². The van der Waals surface area contributed by atoms with Crippen molar-refractivity contribution in [3.8, 4) is 0 Å². The molecule has 1 heterocycles. The second-order valence-electron chi connectivity index (χ2n) is 6.29. The van der Waals surface area contributed by atoms with Gasteiger partial charge in [-0.15, -0.1) is 0 Å². The van der Waals surface area contributed by atoms with E-state index in [1.54, 1.807) is 0 Å². The first-order valence-corrected chi connectivity index (χ1v) is 7.94. The molecule has 2 heteroatoms. The lowest BCUT2D eigenvalue weighted by atomic mass is 9.81. The van der Waals surface area contributed by atoms with E-state index in [-0.39, 0.29) is 0 Å². The molecule has 0 aliphatic carbocycles. The molecule has 1 fully saturated rings. The summed E-state index contributed by atoms with van der Waals surface area (Å²) in [4.78, 5) is 2.69. The molecule has 0 bridgehead atoms. The Morgan fingerprint density at radius 3 is 1.94 bits per heavy atom. The van der Waals surface area contributed by atoms with Crippen molar-refractivity contribution in [2.75, 3.05) is 25.0 Å². The third-order valence-electron chi connectivity index (χ3n) is 3.84. The Bertz CT molecular complexity index is 178. The number of hydrogen-bond donors (Lipinski definition) is 0. The summed E-state index contributed by atoms with van der Waals surface area (Å²) in [6.45, 7) is 11.0. The first-order chi connectivity index (χ1) is 7.54. The molecule has 0 spiro atoms. The minimum Gasteiger partial charge on any atom is -0.303 e. The van der Waals surface area contributed by atoms with Gasteiger partial charge in [0.05, 0.1) is 0 Å². The predicted molar refractivity (Wildman–Crippen MR) is 76.3 cm³/mol. The topological polar surface area (TPSA) is 3.24 Å². The minimum atomic E-state index is 0.422. The molecule has 0 aromatic heterocycles. The predicted octanol–water partition coefficient (Wildman–Crippen LogP) is 4.31. The van der Waals surface area contributed by atoms with E-state index in [1.165, 1.54) is 51.7 Å². The maximum Gasteiger partial charge on any atom is 0.00768 e. The van der Waals surface area contributed by atoms with Crippen LogP contribution in [0.15, 0.2) is 0 Å². The van der Waals surface area contributed by atoms with Crippen molar-refractivity contribution in [1.29, 1.82) is 0 Å². The molecule has 0 N–H and O–H groups in total. The van der Waals surface area contributed by atoms with E-state index < -0.39 is 0 Å². The average Bonchev–Trinajstić information content (AvgIpc) is 2.14. The summed E-state index contributed by atoms with van der Waals surface area (Å²) >= 11 is 3.69. The second kappa shape index (κ2) is 7.00. The van der Waals surface area contributed by atoms with Crippen LogP contribution in [0.25, 0.3) is 0 Å². The molecule has 0 aromatic carbocycles. The smallest absolute Gasteiger partial charge is 0.00768 e. The van der Waals surface area contributed by atoms with Crippen LogP contribution in [0.1, 0.15) is 52.9 Å². The molecular formula is C14H28BrN. The fraction of sp³-hybridized carbons (Fsp3) is 1.00. The Morgan fingerprint density at radius 2 is 1.50 bits per heavy atom. The number of rotatable bonds is 3.